The van der Waals surface area contributed by atoms with Crippen LogP contribution >= 0.6 is 104 Å². The highest BCUT2D eigenvalue weighted by atomic mass is 35.5. The molecule has 41 nitrogen and oxygen atoms in total. The molecular formula is C67H82Cl7N31O10S2. The van der Waals surface area contributed by atoms with Gasteiger partial charge < -0.3 is 60.0 Å². The first-order valence-corrected chi connectivity index (χ1v) is 38.6. The lowest BCUT2D eigenvalue weighted by molar-refractivity contribution is -0.486. The van der Waals surface area contributed by atoms with Gasteiger partial charge in [0.15, 0.2) is 42.2 Å². The van der Waals surface area contributed by atoms with Crippen molar-refractivity contribution in [2.75, 3.05) is 120 Å². The summed E-state index contributed by atoms with van der Waals surface area (Å²) < 4.78 is 0.450. The molecule has 0 radical (unpaired) electrons. The third-order valence-corrected chi connectivity index (χ3v) is 18.7. The number of nitrogens with one attached hydrogen (secondary N) is 3. The maximum atomic E-state index is 10.7. The van der Waals surface area contributed by atoms with Crippen molar-refractivity contribution in [2.24, 2.45) is 25.3 Å². The topological polar surface area (TPSA) is 460 Å². The van der Waals surface area contributed by atoms with Crippen molar-refractivity contribution < 1.29 is 24.9 Å². The fourth-order valence-corrected chi connectivity index (χ4v) is 12.9. The molecule has 11 rings (SSSR count). The number of rotatable bonds is 18. The monoisotopic (exact) mass is 1790 g/mol. The summed E-state index contributed by atoms with van der Waals surface area (Å²) in [4.78, 5) is 106. The van der Waals surface area contributed by atoms with Gasteiger partial charge in [0, 0.05) is 170 Å². The van der Waals surface area contributed by atoms with E-state index >= 15 is 0 Å². The van der Waals surface area contributed by atoms with Crippen LogP contribution in [0.5, 0.6) is 0 Å². The number of thiazole rings is 1. The van der Waals surface area contributed by atoms with Gasteiger partial charge in [-0.2, -0.15) is 5.26 Å². The van der Waals surface area contributed by atoms with Gasteiger partial charge in [-0.15, -0.1) is 16.3 Å². The predicted molar refractivity (Wildman–Crippen MR) is 453 cm³/mol. The fourth-order valence-electron chi connectivity index (χ4n) is 10.4. The van der Waals surface area contributed by atoms with E-state index in [4.69, 9.17) is 86.5 Å². The number of amidine groups is 2. The minimum atomic E-state index is -0.748. The zero-order chi connectivity index (χ0) is 86.3. The van der Waals surface area contributed by atoms with Crippen LogP contribution in [0.15, 0.2) is 166 Å². The van der Waals surface area contributed by atoms with Crippen LogP contribution in [0.3, 0.4) is 0 Å². The van der Waals surface area contributed by atoms with E-state index in [1.54, 1.807) is 144 Å². The molecule has 11 heterocycles. The molecule has 0 aliphatic carbocycles. The lowest BCUT2D eigenvalue weighted by Crippen LogP contribution is -2.56. The lowest BCUT2D eigenvalue weighted by Gasteiger charge is -2.40. The number of aliphatic imine (C=N–C) groups is 2. The molecule has 0 unspecified atom stereocenters. The minimum absolute atomic E-state index is 0.250. The number of hydrogen-bond donors (Lipinski definition) is 3. The molecule has 0 spiro atoms. The molecule has 117 heavy (non-hydrogen) atoms. The molecule has 4 saturated heterocycles. The molecule has 0 atom stereocenters. The van der Waals surface area contributed by atoms with E-state index in [-0.39, 0.29) is 11.8 Å². The highest BCUT2D eigenvalue weighted by molar-refractivity contribution is 8.14. The van der Waals surface area contributed by atoms with E-state index in [1.165, 1.54) is 23.8 Å². The van der Waals surface area contributed by atoms with Crippen LogP contribution in [0.25, 0.3) is 0 Å². The summed E-state index contributed by atoms with van der Waals surface area (Å²) in [5.74, 6) is 3.56. The molecule has 626 valence electrons. The van der Waals surface area contributed by atoms with E-state index < -0.39 is 24.9 Å². The number of hydrogen-bond acceptors (Lipinski definition) is 27. The standard InChI is InChI=1S/C11H15ClN6O2.C11H14ClN5.C10H14ClN5O2.C10H11ClN4O2.C10H12ClN3S.C9H9ClN4O2.C6H7ClN4O2S/c1-15-7-16(2)11(14-18(19)20)17(8-15)6-9-3-4-10(12)13-5-9;1-16(2)11(15-8-13)17(3)7-9-4-5-10(12)14-6-9;1-14(2)10(13-16(17)18)15(3)7-8-4-5-9(11)12-6-8;11-9-2-1-8(5-13-9)6-14-4-3-12-10(14)7-15(16)17;1-12-10-14(4-5-15-10)7-8-2-3-9(11)13-6-8;10-8-2-1-7(5-12-8)13-4-3-11-9(13)6-14(15)16;1-4(10-11(12)13)8-2-5-3-9-6(7)14-5/h3-5H,6-8H2,1-2H3;4-6H,7H2,1-3H3;4-6H,7H2,1-3H3;1-2,5,7,12H,3-4,6H2;2-3,6H,4-5,7H2,1H3;1-2,5-6,11H,3-4H2;3H,2H2,1H3,(H,8,10)/b14-11+;;13-10+;10-7+;;9-6+;. The highest BCUT2D eigenvalue weighted by Crippen LogP contribution is 2.24. The third kappa shape index (κ3) is 36.7. The summed E-state index contributed by atoms with van der Waals surface area (Å²) in [6.07, 6.45) is 15.4. The highest BCUT2D eigenvalue weighted by Gasteiger charge is 2.28. The Kier molecular flexibility index (Phi) is 41.4. The van der Waals surface area contributed by atoms with Crippen molar-refractivity contribution >= 4 is 139 Å². The molecule has 0 amide bonds. The molecular weight excluding hydrogens is 1710 g/mol. The van der Waals surface area contributed by atoms with Crippen LogP contribution in [-0.2, 0) is 39.3 Å². The molecule has 50 heteroatoms. The summed E-state index contributed by atoms with van der Waals surface area (Å²) in [6, 6.07) is 21.5. The zero-order valence-electron chi connectivity index (χ0n) is 64.6. The Bertz CT molecular complexity index is 4640. The maximum Gasteiger partial charge on any atom is 0.276 e. The Labute approximate surface area is 716 Å². The molecule has 7 aromatic heterocycles. The molecule has 3 N–H and O–H groups in total. The van der Waals surface area contributed by atoms with Gasteiger partial charge in [-0.25, -0.2) is 65.2 Å². The van der Waals surface area contributed by atoms with Crippen LogP contribution < -0.4 is 20.9 Å². The van der Waals surface area contributed by atoms with Crippen LogP contribution in [-0.4, -0.2) is 248 Å². The number of nitriles is 1. The Hall–Kier alpha value is -11.2. The van der Waals surface area contributed by atoms with Crippen molar-refractivity contribution in [1.29, 1.82) is 5.26 Å². The van der Waals surface area contributed by atoms with Gasteiger partial charge in [0.2, 0.25) is 12.2 Å². The van der Waals surface area contributed by atoms with Crippen molar-refractivity contribution in [3.63, 3.8) is 0 Å². The summed E-state index contributed by atoms with van der Waals surface area (Å²) >= 11 is 42.9. The normalized spacial score (nSPS) is 15.2. The number of thioether (sulfide) groups is 1. The number of pyridine rings is 6. The predicted octanol–water partition coefficient (Wildman–Crippen LogP) is 9.92. The summed E-state index contributed by atoms with van der Waals surface area (Å²) in [5.41, 5.74) is 5.72. The summed E-state index contributed by atoms with van der Waals surface area (Å²) in [7, 11) is 16.2. The number of anilines is 1. The average molecular weight is 1790 g/mol. The van der Waals surface area contributed by atoms with E-state index in [0.29, 0.717) is 125 Å². The van der Waals surface area contributed by atoms with Crippen molar-refractivity contribution in [2.45, 2.75) is 46.2 Å². The number of nitrogens with zero attached hydrogens (tertiary/aromatic N) is 28. The van der Waals surface area contributed by atoms with Crippen LogP contribution in [0.2, 0.25) is 35.4 Å². The summed E-state index contributed by atoms with van der Waals surface area (Å²) in [6.45, 7) is 9.93. The van der Waals surface area contributed by atoms with Gasteiger partial charge in [0.05, 0.1) is 46.7 Å². The second-order valence-corrected chi connectivity index (χ2v) is 29.8. The van der Waals surface area contributed by atoms with Crippen molar-refractivity contribution in [3.05, 3.63) is 259 Å². The number of hydrazone groups is 3. The van der Waals surface area contributed by atoms with Gasteiger partial charge in [0.25, 0.3) is 24.3 Å². The molecule has 4 fully saturated rings. The number of aromatic nitrogens is 7. The van der Waals surface area contributed by atoms with Gasteiger partial charge in [-0.3, -0.25) is 30.1 Å². The second kappa shape index (κ2) is 50.3. The van der Waals surface area contributed by atoms with Crippen LogP contribution in [0, 0.1) is 62.0 Å². The summed E-state index contributed by atoms with van der Waals surface area (Å²) in [5, 5.41) is 80.7. The average Bonchev–Trinajstić information content (AvgIpc) is 1.77. The SMILES string of the molecule is C/C(=N\[N+](=O)[O-])NCc1cnc(Cl)s1.CN(C)/C(=N\[N+](=O)[O-])N(C)Cc1ccc(Cl)nc1.CN(C)C(=NC#N)N(C)Cc1ccc(Cl)nc1.CN1CN(C)/C(=N\[N+](=O)[O-])N(Cc2ccc(Cl)nc2)C1.CN=C1SCCN1Cc1ccc(Cl)nc1.O=[N+]([O-])/C=C1\NCCN1Cc1ccc(Cl)nc1.O=[N+]([O-])/C=C1\NCCN1c1ccc(Cl)nc1. The van der Waals surface area contributed by atoms with Crippen molar-refractivity contribution in [3.8, 4) is 6.19 Å². The Morgan fingerprint density at radius 3 is 1.44 bits per heavy atom. The van der Waals surface area contributed by atoms with Crippen LogP contribution in [0.4, 0.5) is 5.69 Å². The number of halogens is 7. The molecule has 0 saturated carbocycles. The smallest absolute Gasteiger partial charge is 0.276 e. The number of nitro groups is 5. The zero-order valence-corrected chi connectivity index (χ0v) is 71.5. The van der Waals surface area contributed by atoms with Gasteiger partial charge in [-0.05, 0) is 84.3 Å². The van der Waals surface area contributed by atoms with E-state index in [1.807, 2.05) is 97.4 Å². The first-order chi connectivity index (χ1) is 55.6. The largest absolute Gasteiger partial charge is 0.365 e. The van der Waals surface area contributed by atoms with Crippen molar-refractivity contribution in [1.82, 2.24) is 94.9 Å². The van der Waals surface area contributed by atoms with E-state index in [9.17, 15) is 50.6 Å². The van der Waals surface area contributed by atoms with Crippen LogP contribution in [0.1, 0.15) is 39.6 Å². The molecule has 4 aliphatic rings. The first-order valence-electron chi connectivity index (χ1n) is 34.2. The Balaban J connectivity index is 0.000000244. The third-order valence-electron chi connectivity index (χ3n) is 15.1. The Morgan fingerprint density at radius 1 is 0.564 bits per heavy atom. The lowest BCUT2D eigenvalue weighted by atomic mass is 10.2. The van der Waals surface area contributed by atoms with Gasteiger partial charge in [0.1, 0.15) is 41.1 Å². The van der Waals surface area contributed by atoms with E-state index in [0.717, 1.165) is 75.8 Å². The van der Waals surface area contributed by atoms with Gasteiger partial charge in [-0.1, -0.05) is 123 Å². The molecule has 0 aromatic carbocycles. The fraction of sp³-hybridized carbons (Fsp3) is 0.358. The maximum absolute atomic E-state index is 10.7. The quantitative estimate of drug-likeness (QED) is 0.0179. The van der Waals surface area contributed by atoms with E-state index in [2.05, 4.69) is 81.0 Å². The van der Waals surface area contributed by atoms with Gasteiger partial charge >= 0.3 is 0 Å². The molecule has 0 bridgehead atoms. The second-order valence-electron chi connectivity index (χ2n) is 24.8. The Morgan fingerprint density at radius 2 is 1.02 bits per heavy atom. The first kappa shape index (κ1) is 96.4. The minimum Gasteiger partial charge on any atom is -0.365 e. The molecule has 7 aromatic rings. The number of guanidine groups is 3. The molecule has 4 aliphatic heterocycles.